The highest BCUT2D eigenvalue weighted by Crippen LogP contribution is 2.33. The van der Waals surface area contributed by atoms with Crippen LogP contribution in [0.1, 0.15) is 47.7 Å². The molecular formula is C23H29FN4O. The van der Waals surface area contributed by atoms with Crippen LogP contribution in [0, 0.1) is 5.82 Å². The highest BCUT2D eigenvalue weighted by Gasteiger charge is 2.35. The lowest BCUT2D eigenvalue weighted by atomic mass is 10.1. The number of nitrogens with zero attached hydrogens (tertiary/aromatic N) is 3. The molecule has 0 spiro atoms. The maximum absolute atomic E-state index is 13.1. The van der Waals surface area contributed by atoms with Crippen molar-refractivity contribution in [1.82, 2.24) is 15.2 Å². The summed E-state index contributed by atoms with van der Waals surface area (Å²) in [6.07, 6.45) is 5.92. The van der Waals surface area contributed by atoms with Gasteiger partial charge < -0.3 is 10.2 Å². The molecule has 6 heteroatoms. The predicted molar refractivity (Wildman–Crippen MR) is 113 cm³/mol. The molecule has 1 N–H and O–H groups in total. The zero-order valence-electron chi connectivity index (χ0n) is 17.0. The number of pyridine rings is 1. The van der Waals surface area contributed by atoms with Gasteiger partial charge in [0.25, 0.3) is 5.91 Å². The predicted octanol–water partition coefficient (Wildman–Crippen LogP) is 3.39. The molecule has 0 aliphatic carbocycles. The van der Waals surface area contributed by atoms with E-state index in [4.69, 9.17) is 0 Å². The molecule has 1 unspecified atom stereocenters. The Bertz CT molecular complexity index is 854. The first-order valence-electron chi connectivity index (χ1n) is 10.6. The SMILES string of the molecule is CCCCCNC(=O)c1cnc2c(c1)CC1CN(Cc3ccc(F)cc3)CCN21. The van der Waals surface area contributed by atoms with Crippen molar-refractivity contribution in [1.29, 1.82) is 0 Å². The van der Waals surface area contributed by atoms with Crippen LogP contribution in [-0.4, -0.2) is 48.0 Å². The Labute approximate surface area is 171 Å². The summed E-state index contributed by atoms with van der Waals surface area (Å²) in [5.74, 6) is 0.805. The molecule has 1 amide bonds. The molecule has 3 heterocycles. The van der Waals surface area contributed by atoms with Crippen LogP contribution in [0.4, 0.5) is 10.2 Å². The van der Waals surface area contributed by atoms with Gasteiger partial charge in [-0.1, -0.05) is 31.9 Å². The monoisotopic (exact) mass is 396 g/mol. The molecule has 2 aliphatic heterocycles. The van der Waals surface area contributed by atoms with E-state index in [9.17, 15) is 9.18 Å². The number of hydrogen-bond donors (Lipinski definition) is 1. The van der Waals surface area contributed by atoms with E-state index in [1.165, 1.54) is 17.7 Å². The number of piperazine rings is 1. The van der Waals surface area contributed by atoms with Crippen LogP contribution >= 0.6 is 0 Å². The standard InChI is InChI=1S/C23H29FN4O/c1-2-3-4-9-25-23(29)19-12-18-13-21-16-27(10-11-28(21)22(18)26-14-19)15-17-5-7-20(24)8-6-17/h5-8,12,14,21H,2-4,9-11,13,15-16H2,1H3,(H,25,29). The minimum atomic E-state index is -0.193. The lowest BCUT2D eigenvalue weighted by Gasteiger charge is -2.38. The second-order valence-corrected chi connectivity index (χ2v) is 8.08. The van der Waals surface area contributed by atoms with E-state index in [-0.39, 0.29) is 11.7 Å². The van der Waals surface area contributed by atoms with Gasteiger partial charge in [-0.15, -0.1) is 0 Å². The van der Waals surface area contributed by atoms with Crippen molar-refractivity contribution in [2.75, 3.05) is 31.1 Å². The summed E-state index contributed by atoms with van der Waals surface area (Å²) < 4.78 is 13.1. The van der Waals surface area contributed by atoms with Crippen LogP contribution in [0.3, 0.4) is 0 Å². The third-order valence-electron chi connectivity index (χ3n) is 5.88. The first-order chi connectivity index (χ1) is 14.1. The molecule has 1 atom stereocenters. The van der Waals surface area contributed by atoms with Gasteiger partial charge in [0, 0.05) is 45.0 Å². The second kappa shape index (κ2) is 8.91. The van der Waals surface area contributed by atoms with Gasteiger partial charge in [-0.3, -0.25) is 9.69 Å². The summed E-state index contributed by atoms with van der Waals surface area (Å²) in [6.45, 7) is 6.54. The van der Waals surface area contributed by atoms with Crippen molar-refractivity contribution >= 4 is 11.7 Å². The van der Waals surface area contributed by atoms with Gasteiger partial charge >= 0.3 is 0 Å². The molecule has 154 valence electrons. The fraction of sp³-hybridized carbons (Fsp3) is 0.478. The van der Waals surface area contributed by atoms with E-state index in [0.29, 0.717) is 11.6 Å². The van der Waals surface area contributed by atoms with E-state index >= 15 is 0 Å². The third kappa shape index (κ3) is 4.58. The van der Waals surface area contributed by atoms with E-state index in [2.05, 4.69) is 27.0 Å². The Morgan fingerprint density at radius 2 is 2.07 bits per heavy atom. The van der Waals surface area contributed by atoms with Crippen molar-refractivity contribution in [3.63, 3.8) is 0 Å². The average Bonchev–Trinajstić information content (AvgIpc) is 3.09. The van der Waals surface area contributed by atoms with E-state index < -0.39 is 0 Å². The Balaban J connectivity index is 1.36. The van der Waals surface area contributed by atoms with Gasteiger partial charge in [-0.05, 0) is 42.2 Å². The van der Waals surface area contributed by atoms with Gasteiger partial charge in [0.1, 0.15) is 11.6 Å². The normalized spacial score (nSPS) is 18.4. The number of amides is 1. The third-order valence-corrected chi connectivity index (χ3v) is 5.88. The van der Waals surface area contributed by atoms with Crippen LogP contribution in [0.2, 0.25) is 0 Å². The number of anilines is 1. The fourth-order valence-corrected chi connectivity index (χ4v) is 4.33. The summed E-state index contributed by atoms with van der Waals surface area (Å²) in [5.41, 5.74) is 2.96. The van der Waals surface area contributed by atoms with Crippen LogP contribution in [-0.2, 0) is 13.0 Å². The summed E-state index contributed by atoms with van der Waals surface area (Å²) in [4.78, 5) is 21.8. The first kappa shape index (κ1) is 19.8. The molecular weight excluding hydrogens is 367 g/mol. The lowest BCUT2D eigenvalue weighted by molar-refractivity contribution is 0.0952. The lowest BCUT2D eigenvalue weighted by Crippen LogP contribution is -2.51. The van der Waals surface area contributed by atoms with Gasteiger partial charge in [0.2, 0.25) is 0 Å². The molecule has 4 rings (SSSR count). The molecule has 0 bridgehead atoms. The molecule has 2 aliphatic rings. The summed E-state index contributed by atoms with van der Waals surface area (Å²) in [6, 6.07) is 9.16. The van der Waals surface area contributed by atoms with Crippen LogP contribution in [0.5, 0.6) is 0 Å². The Hall–Kier alpha value is -2.47. The molecule has 1 fully saturated rings. The average molecular weight is 397 g/mol. The van der Waals surface area contributed by atoms with Gasteiger partial charge in [-0.2, -0.15) is 0 Å². The summed E-state index contributed by atoms with van der Waals surface area (Å²) in [5, 5.41) is 3.00. The fourth-order valence-electron chi connectivity index (χ4n) is 4.33. The van der Waals surface area contributed by atoms with Crippen molar-refractivity contribution in [3.8, 4) is 0 Å². The Morgan fingerprint density at radius 3 is 2.86 bits per heavy atom. The maximum atomic E-state index is 13.1. The number of fused-ring (bicyclic) bond motifs is 3. The maximum Gasteiger partial charge on any atom is 0.252 e. The Kier molecular flexibility index (Phi) is 6.09. The van der Waals surface area contributed by atoms with E-state index in [0.717, 1.165) is 69.8 Å². The molecule has 0 saturated carbocycles. The highest BCUT2D eigenvalue weighted by atomic mass is 19.1. The van der Waals surface area contributed by atoms with Gasteiger partial charge in [-0.25, -0.2) is 9.37 Å². The zero-order chi connectivity index (χ0) is 20.2. The number of aromatic nitrogens is 1. The van der Waals surface area contributed by atoms with Crippen molar-refractivity contribution < 1.29 is 9.18 Å². The number of halogens is 1. The number of carbonyl (C=O) groups is 1. The second-order valence-electron chi connectivity index (χ2n) is 8.08. The summed E-state index contributed by atoms with van der Waals surface area (Å²) >= 11 is 0. The topological polar surface area (TPSA) is 48.5 Å². The number of hydrogen-bond acceptors (Lipinski definition) is 4. The number of nitrogens with one attached hydrogen (secondary N) is 1. The molecule has 1 saturated heterocycles. The van der Waals surface area contributed by atoms with Crippen molar-refractivity contribution in [2.45, 2.75) is 45.2 Å². The number of carbonyl (C=O) groups excluding carboxylic acids is 1. The van der Waals surface area contributed by atoms with E-state index in [1.807, 2.05) is 18.2 Å². The zero-order valence-corrected chi connectivity index (χ0v) is 17.0. The smallest absolute Gasteiger partial charge is 0.252 e. The molecule has 5 nitrogen and oxygen atoms in total. The first-order valence-corrected chi connectivity index (χ1v) is 10.6. The van der Waals surface area contributed by atoms with Gasteiger partial charge in [0.15, 0.2) is 0 Å². The highest BCUT2D eigenvalue weighted by molar-refractivity contribution is 5.94. The number of benzene rings is 1. The van der Waals surface area contributed by atoms with Crippen LogP contribution < -0.4 is 10.2 Å². The quantitative estimate of drug-likeness (QED) is 0.729. The molecule has 2 aromatic rings. The Morgan fingerprint density at radius 1 is 1.24 bits per heavy atom. The van der Waals surface area contributed by atoms with Crippen molar-refractivity contribution in [2.24, 2.45) is 0 Å². The van der Waals surface area contributed by atoms with Crippen molar-refractivity contribution in [3.05, 3.63) is 59.0 Å². The number of unbranched alkanes of at least 4 members (excludes halogenated alkanes) is 2. The van der Waals surface area contributed by atoms with Crippen LogP contribution in [0.25, 0.3) is 0 Å². The number of rotatable bonds is 7. The summed E-state index contributed by atoms with van der Waals surface area (Å²) in [7, 11) is 0. The minimum absolute atomic E-state index is 0.0285. The van der Waals surface area contributed by atoms with Crippen LogP contribution in [0.15, 0.2) is 36.5 Å². The molecule has 29 heavy (non-hydrogen) atoms. The van der Waals surface area contributed by atoms with Gasteiger partial charge in [0.05, 0.1) is 5.56 Å². The van der Waals surface area contributed by atoms with E-state index in [1.54, 1.807) is 6.20 Å². The molecule has 1 aromatic carbocycles. The largest absolute Gasteiger partial charge is 0.352 e. The molecule has 1 aromatic heterocycles. The molecule has 0 radical (unpaired) electrons. The minimum Gasteiger partial charge on any atom is -0.352 e.